The van der Waals surface area contributed by atoms with Crippen LogP contribution in [0, 0.1) is 0 Å². The lowest BCUT2D eigenvalue weighted by molar-refractivity contribution is 0.0775. The van der Waals surface area contributed by atoms with Crippen LogP contribution in [0.1, 0.15) is 16.1 Å². The molecule has 0 atom stereocenters. The summed E-state index contributed by atoms with van der Waals surface area (Å²) >= 11 is 11.8. The molecule has 3 nitrogen and oxygen atoms in total. The van der Waals surface area contributed by atoms with Crippen molar-refractivity contribution >= 4 is 29.1 Å². The molecule has 2 rings (SSSR count). The van der Waals surface area contributed by atoms with Crippen molar-refractivity contribution in [3.05, 3.63) is 57.8 Å². The highest BCUT2D eigenvalue weighted by atomic mass is 35.5. The minimum absolute atomic E-state index is 0.0291. The predicted octanol–water partition coefficient (Wildman–Crippen LogP) is 3.60. The maximum Gasteiger partial charge on any atom is 0.270 e. The number of hydrogen-bond donors (Lipinski definition) is 0. The van der Waals surface area contributed by atoms with E-state index in [9.17, 15) is 4.79 Å². The quantitative estimate of drug-likeness (QED) is 0.849. The Hall–Kier alpha value is -1.45. The first-order chi connectivity index (χ1) is 8.99. The van der Waals surface area contributed by atoms with Gasteiger partial charge in [0.15, 0.2) is 0 Å². The molecule has 0 N–H and O–H groups in total. The number of carbonyl (C=O) groups excluding carboxylic acids is 1. The van der Waals surface area contributed by atoms with Crippen LogP contribution in [0.4, 0.5) is 0 Å². The number of carbonyl (C=O) groups is 1. The smallest absolute Gasteiger partial charge is 0.270 e. The summed E-state index contributed by atoms with van der Waals surface area (Å²) in [6.45, 7) is 0.487. The van der Waals surface area contributed by atoms with E-state index in [0.717, 1.165) is 5.56 Å². The largest absolute Gasteiger partial charge is 0.347 e. The summed E-state index contributed by atoms with van der Waals surface area (Å²) < 4.78 is 1.80. The molecule has 1 aromatic heterocycles. The van der Waals surface area contributed by atoms with Crippen LogP contribution in [0.2, 0.25) is 10.0 Å². The van der Waals surface area contributed by atoms with Gasteiger partial charge in [-0.25, -0.2) is 0 Å². The number of rotatable bonds is 3. The molecule has 19 heavy (non-hydrogen) atoms. The molecule has 0 fully saturated rings. The number of hydrogen-bond acceptors (Lipinski definition) is 1. The molecule has 0 unspecified atom stereocenters. The summed E-state index contributed by atoms with van der Waals surface area (Å²) in [5.41, 5.74) is 1.60. The molecule has 5 heteroatoms. The Morgan fingerprint density at radius 3 is 2.58 bits per heavy atom. The molecule has 1 heterocycles. The third-order valence-corrected chi connectivity index (χ3v) is 3.65. The zero-order valence-electron chi connectivity index (χ0n) is 10.7. The van der Waals surface area contributed by atoms with Crippen molar-refractivity contribution in [3.63, 3.8) is 0 Å². The second-order valence-electron chi connectivity index (χ2n) is 4.41. The van der Waals surface area contributed by atoms with E-state index in [4.69, 9.17) is 23.2 Å². The van der Waals surface area contributed by atoms with Gasteiger partial charge in [-0.05, 0) is 29.8 Å². The molecule has 0 saturated carbocycles. The van der Waals surface area contributed by atoms with Gasteiger partial charge in [0.05, 0.1) is 10.0 Å². The number of aryl methyl sites for hydroxylation is 1. The standard InChI is InChI=1S/C14H14Cl2N2O/c1-17-7-3-4-13(17)14(19)18(2)9-10-5-6-11(15)12(16)8-10/h3-8H,9H2,1-2H3. The van der Waals surface area contributed by atoms with Crippen LogP contribution < -0.4 is 0 Å². The topological polar surface area (TPSA) is 25.2 Å². The molecule has 0 spiro atoms. The lowest BCUT2D eigenvalue weighted by atomic mass is 10.2. The number of nitrogens with zero attached hydrogens (tertiary/aromatic N) is 2. The van der Waals surface area contributed by atoms with Crippen LogP contribution in [-0.2, 0) is 13.6 Å². The highest BCUT2D eigenvalue weighted by Gasteiger charge is 2.14. The van der Waals surface area contributed by atoms with Gasteiger partial charge in [0.25, 0.3) is 5.91 Å². The third kappa shape index (κ3) is 3.11. The van der Waals surface area contributed by atoms with Crippen LogP contribution >= 0.6 is 23.2 Å². The molecule has 0 aliphatic carbocycles. The van der Waals surface area contributed by atoms with Crippen molar-refractivity contribution < 1.29 is 4.79 Å². The fourth-order valence-corrected chi connectivity index (χ4v) is 2.18. The molecule has 1 amide bonds. The van der Waals surface area contributed by atoms with E-state index in [1.54, 1.807) is 34.7 Å². The second kappa shape index (κ2) is 5.68. The zero-order valence-corrected chi connectivity index (χ0v) is 12.2. The summed E-state index contributed by atoms with van der Waals surface area (Å²) in [5.74, 6) is -0.0291. The van der Waals surface area contributed by atoms with Gasteiger partial charge in [0.2, 0.25) is 0 Å². The van der Waals surface area contributed by atoms with Gasteiger partial charge < -0.3 is 9.47 Å². The van der Waals surface area contributed by atoms with E-state index in [2.05, 4.69) is 0 Å². The van der Waals surface area contributed by atoms with Crippen molar-refractivity contribution in [2.45, 2.75) is 6.54 Å². The van der Waals surface area contributed by atoms with E-state index in [1.165, 1.54) is 0 Å². The number of amides is 1. The van der Waals surface area contributed by atoms with Crippen molar-refractivity contribution in [2.75, 3.05) is 7.05 Å². The monoisotopic (exact) mass is 296 g/mol. The summed E-state index contributed by atoms with van der Waals surface area (Å²) in [4.78, 5) is 13.9. The van der Waals surface area contributed by atoms with Crippen LogP contribution in [-0.4, -0.2) is 22.4 Å². The van der Waals surface area contributed by atoms with Crippen molar-refractivity contribution in [2.24, 2.45) is 7.05 Å². The molecule has 0 saturated heterocycles. The Labute approximate surface area is 122 Å². The molecule has 0 radical (unpaired) electrons. The number of halogens is 2. The Morgan fingerprint density at radius 2 is 2.00 bits per heavy atom. The molecule has 0 bridgehead atoms. The average molecular weight is 297 g/mol. The van der Waals surface area contributed by atoms with Crippen LogP contribution in [0.15, 0.2) is 36.5 Å². The first-order valence-electron chi connectivity index (χ1n) is 5.80. The molecule has 100 valence electrons. The summed E-state index contributed by atoms with van der Waals surface area (Å²) in [6, 6.07) is 9.02. The minimum Gasteiger partial charge on any atom is -0.347 e. The summed E-state index contributed by atoms with van der Waals surface area (Å²) in [5, 5.41) is 1.01. The van der Waals surface area contributed by atoms with Gasteiger partial charge in [0.1, 0.15) is 5.69 Å². The van der Waals surface area contributed by atoms with E-state index >= 15 is 0 Å². The lowest BCUT2D eigenvalue weighted by Gasteiger charge is -2.18. The highest BCUT2D eigenvalue weighted by molar-refractivity contribution is 6.42. The van der Waals surface area contributed by atoms with Crippen LogP contribution in [0.25, 0.3) is 0 Å². The molecular weight excluding hydrogens is 283 g/mol. The maximum absolute atomic E-state index is 12.2. The normalized spacial score (nSPS) is 10.5. The van der Waals surface area contributed by atoms with E-state index in [-0.39, 0.29) is 5.91 Å². The van der Waals surface area contributed by atoms with Crippen molar-refractivity contribution in [1.82, 2.24) is 9.47 Å². The first kappa shape index (κ1) is 14.0. The Bertz CT molecular complexity index is 607. The average Bonchev–Trinajstić information content (AvgIpc) is 2.79. The van der Waals surface area contributed by atoms with Gasteiger partial charge in [0, 0.05) is 26.8 Å². The highest BCUT2D eigenvalue weighted by Crippen LogP contribution is 2.23. The third-order valence-electron chi connectivity index (χ3n) is 2.91. The van der Waals surface area contributed by atoms with Gasteiger partial charge in [-0.2, -0.15) is 0 Å². The number of aromatic nitrogens is 1. The maximum atomic E-state index is 12.2. The van der Waals surface area contributed by atoms with E-state index in [0.29, 0.717) is 22.3 Å². The van der Waals surface area contributed by atoms with Crippen molar-refractivity contribution in [1.29, 1.82) is 0 Å². The van der Waals surface area contributed by atoms with Gasteiger partial charge in [-0.15, -0.1) is 0 Å². The van der Waals surface area contributed by atoms with Crippen molar-refractivity contribution in [3.8, 4) is 0 Å². The lowest BCUT2D eigenvalue weighted by Crippen LogP contribution is -2.27. The van der Waals surface area contributed by atoms with Gasteiger partial charge in [-0.3, -0.25) is 4.79 Å². The van der Waals surface area contributed by atoms with Gasteiger partial charge in [-0.1, -0.05) is 29.3 Å². The molecule has 0 aliphatic heterocycles. The Morgan fingerprint density at radius 1 is 1.26 bits per heavy atom. The Kier molecular flexibility index (Phi) is 4.17. The summed E-state index contributed by atoms with van der Waals surface area (Å²) in [7, 11) is 3.61. The first-order valence-corrected chi connectivity index (χ1v) is 6.55. The number of benzene rings is 1. The van der Waals surface area contributed by atoms with Gasteiger partial charge >= 0.3 is 0 Å². The van der Waals surface area contributed by atoms with Crippen LogP contribution in [0.3, 0.4) is 0 Å². The van der Waals surface area contributed by atoms with E-state index in [1.807, 2.05) is 25.4 Å². The predicted molar refractivity (Wildman–Crippen MR) is 77.7 cm³/mol. The molecule has 1 aromatic carbocycles. The molecule has 2 aromatic rings. The zero-order chi connectivity index (χ0) is 14.0. The minimum atomic E-state index is -0.0291. The fraction of sp³-hybridized carbons (Fsp3) is 0.214. The summed E-state index contributed by atoms with van der Waals surface area (Å²) in [6.07, 6.45) is 1.85. The van der Waals surface area contributed by atoms with E-state index < -0.39 is 0 Å². The molecule has 0 aliphatic rings. The fourth-order valence-electron chi connectivity index (χ4n) is 1.86. The Balaban J connectivity index is 2.13. The second-order valence-corrected chi connectivity index (χ2v) is 5.23. The van der Waals surface area contributed by atoms with Crippen LogP contribution in [0.5, 0.6) is 0 Å². The molecular formula is C14H14Cl2N2O. The SMILES string of the molecule is CN(Cc1ccc(Cl)c(Cl)c1)C(=O)c1cccn1C.